The maximum atomic E-state index is 13.5. The van der Waals surface area contributed by atoms with Crippen LogP contribution in [0.4, 0.5) is 0 Å². The highest BCUT2D eigenvalue weighted by molar-refractivity contribution is 6.18. The van der Waals surface area contributed by atoms with Crippen molar-refractivity contribution in [2.45, 2.75) is 40.2 Å². The van der Waals surface area contributed by atoms with Gasteiger partial charge in [0.1, 0.15) is 11.4 Å². The molecule has 9 nitrogen and oxygen atoms in total. The summed E-state index contributed by atoms with van der Waals surface area (Å²) in [7, 11) is 1.48. The van der Waals surface area contributed by atoms with Gasteiger partial charge in [0.05, 0.1) is 38.6 Å². The summed E-state index contributed by atoms with van der Waals surface area (Å²) in [5, 5.41) is 0.844. The molecule has 2 aromatic carbocycles. The fourth-order valence-electron chi connectivity index (χ4n) is 3.65. The lowest BCUT2D eigenvalue weighted by Crippen LogP contribution is -2.12. The number of benzene rings is 2. The van der Waals surface area contributed by atoms with Gasteiger partial charge in [-0.05, 0) is 45.0 Å². The smallest absolute Gasteiger partial charge is 0.340 e. The highest BCUT2D eigenvalue weighted by atomic mass is 16.5. The summed E-state index contributed by atoms with van der Waals surface area (Å²) in [4.78, 5) is 41.6. The Bertz CT molecular complexity index is 1280. The first-order valence-corrected chi connectivity index (χ1v) is 12.0. The standard InChI is InChI=1S/C28H31NO8/c1-6-34-28(32)23-16-29-26(27(31)19-9-7-10-20(13-19)37-17(2)3)22-15-24(33-5)25(14-21(22)23)36-12-8-11-35-18(4)30/h7,9-10,13-17H,6,8,11-12H2,1-5H3. The zero-order valence-corrected chi connectivity index (χ0v) is 21.7. The molecule has 0 fully saturated rings. The first-order valence-electron chi connectivity index (χ1n) is 12.0. The molecule has 0 spiro atoms. The normalized spacial score (nSPS) is 10.8. The Morgan fingerprint density at radius 2 is 1.73 bits per heavy atom. The summed E-state index contributed by atoms with van der Waals surface area (Å²) in [5.74, 6) is 0.00162. The Balaban J connectivity index is 2.06. The minimum Gasteiger partial charge on any atom is -0.493 e. The van der Waals surface area contributed by atoms with Gasteiger partial charge in [0.2, 0.25) is 5.78 Å². The van der Waals surface area contributed by atoms with Crippen LogP contribution >= 0.6 is 0 Å². The van der Waals surface area contributed by atoms with Crippen molar-refractivity contribution >= 4 is 28.5 Å². The molecule has 9 heteroatoms. The van der Waals surface area contributed by atoms with Crippen molar-refractivity contribution in [1.82, 2.24) is 4.98 Å². The Hall–Kier alpha value is -4.14. The molecule has 0 amide bonds. The van der Waals surface area contributed by atoms with E-state index in [0.717, 1.165) is 0 Å². The third-order valence-electron chi connectivity index (χ3n) is 5.20. The van der Waals surface area contributed by atoms with E-state index in [4.69, 9.17) is 23.7 Å². The van der Waals surface area contributed by atoms with E-state index < -0.39 is 5.97 Å². The van der Waals surface area contributed by atoms with E-state index in [2.05, 4.69) is 4.98 Å². The second kappa shape index (κ2) is 12.7. The second-order valence-electron chi connectivity index (χ2n) is 8.36. The van der Waals surface area contributed by atoms with Gasteiger partial charge in [0.15, 0.2) is 11.5 Å². The fraction of sp³-hybridized carbons (Fsp3) is 0.357. The van der Waals surface area contributed by atoms with E-state index in [-0.39, 0.29) is 48.9 Å². The maximum absolute atomic E-state index is 13.5. The van der Waals surface area contributed by atoms with Crippen LogP contribution < -0.4 is 14.2 Å². The molecule has 196 valence electrons. The molecular formula is C28H31NO8. The van der Waals surface area contributed by atoms with Crippen LogP contribution in [0.5, 0.6) is 17.2 Å². The van der Waals surface area contributed by atoms with Crippen molar-refractivity contribution in [1.29, 1.82) is 0 Å². The van der Waals surface area contributed by atoms with E-state index >= 15 is 0 Å². The monoisotopic (exact) mass is 509 g/mol. The molecule has 0 saturated heterocycles. The maximum Gasteiger partial charge on any atom is 0.340 e. The van der Waals surface area contributed by atoms with Gasteiger partial charge in [-0.2, -0.15) is 0 Å². The topological polar surface area (TPSA) is 110 Å². The Morgan fingerprint density at radius 3 is 2.41 bits per heavy atom. The zero-order valence-electron chi connectivity index (χ0n) is 21.7. The molecule has 3 aromatic rings. The zero-order chi connectivity index (χ0) is 26.9. The average molecular weight is 510 g/mol. The van der Waals surface area contributed by atoms with Crippen LogP contribution in [0.15, 0.2) is 42.6 Å². The van der Waals surface area contributed by atoms with Crippen molar-refractivity contribution < 1.29 is 38.1 Å². The summed E-state index contributed by atoms with van der Waals surface area (Å²) in [6, 6.07) is 10.1. The number of ether oxygens (including phenoxy) is 5. The van der Waals surface area contributed by atoms with Crippen LogP contribution in [0.2, 0.25) is 0 Å². The second-order valence-corrected chi connectivity index (χ2v) is 8.36. The van der Waals surface area contributed by atoms with Crippen LogP contribution in [0.3, 0.4) is 0 Å². The number of ketones is 1. The number of nitrogens with zero attached hydrogens (tertiary/aromatic N) is 1. The van der Waals surface area contributed by atoms with Crippen molar-refractivity contribution in [2.75, 3.05) is 26.9 Å². The molecule has 0 aliphatic carbocycles. The van der Waals surface area contributed by atoms with Gasteiger partial charge < -0.3 is 23.7 Å². The highest BCUT2D eigenvalue weighted by Crippen LogP contribution is 2.36. The fourth-order valence-corrected chi connectivity index (χ4v) is 3.65. The number of fused-ring (bicyclic) bond motifs is 1. The van der Waals surface area contributed by atoms with E-state index in [1.165, 1.54) is 20.2 Å². The van der Waals surface area contributed by atoms with Crippen LogP contribution in [-0.2, 0) is 14.3 Å². The van der Waals surface area contributed by atoms with Gasteiger partial charge in [-0.15, -0.1) is 0 Å². The van der Waals surface area contributed by atoms with Crippen molar-refractivity contribution in [3.8, 4) is 17.2 Å². The van der Waals surface area contributed by atoms with Gasteiger partial charge in [-0.25, -0.2) is 4.79 Å². The lowest BCUT2D eigenvalue weighted by molar-refractivity contribution is -0.141. The van der Waals surface area contributed by atoms with Crippen molar-refractivity contribution in [2.24, 2.45) is 0 Å². The molecule has 0 aliphatic heterocycles. The molecule has 1 aromatic heterocycles. The number of hydrogen-bond donors (Lipinski definition) is 0. The average Bonchev–Trinajstić information content (AvgIpc) is 2.86. The minimum absolute atomic E-state index is 0.0510. The SMILES string of the molecule is CCOC(=O)c1cnc(C(=O)c2cccc(OC(C)C)c2)c2cc(OC)c(OCCCOC(C)=O)cc12. The lowest BCUT2D eigenvalue weighted by Gasteiger charge is -2.15. The van der Waals surface area contributed by atoms with Gasteiger partial charge in [0.25, 0.3) is 0 Å². The lowest BCUT2D eigenvalue weighted by atomic mass is 9.99. The van der Waals surface area contributed by atoms with Crippen LogP contribution in [-0.4, -0.2) is 55.7 Å². The number of hydrogen-bond acceptors (Lipinski definition) is 9. The quantitative estimate of drug-likeness (QED) is 0.194. The van der Waals surface area contributed by atoms with Gasteiger partial charge in [0, 0.05) is 35.9 Å². The molecule has 0 radical (unpaired) electrons. The first-order chi connectivity index (χ1) is 17.7. The molecule has 0 bridgehead atoms. The number of rotatable bonds is 12. The van der Waals surface area contributed by atoms with Gasteiger partial charge in [-0.1, -0.05) is 12.1 Å². The predicted molar refractivity (Wildman–Crippen MR) is 137 cm³/mol. The summed E-state index contributed by atoms with van der Waals surface area (Å²) >= 11 is 0. The van der Waals surface area contributed by atoms with Gasteiger partial charge in [-0.3, -0.25) is 14.6 Å². The molecule has 0 atom stereocenters. The minimum atomic E-state index is -0.572. The Labute approximate surface area is 215 Å². The van der Waals surface area contributed by atoms with E-state index in [0.29, 0.717) is 40.0 Å². The first kappa shape index (κ1) is 27.4. The Kier molecular flexibility index (Phi) is 9.43. The summed E-state index contributed by atoms with van der Waals surface area (Å²) < 4.78 is 27.2. The molecule has 0 saturated carbocycles. The predicted octanol–water partition coefficient (Wildman–Crippen LogP) is 4.77. The summed E-state index contributed by atoms with van der Waals surface area (Å²) in [5.41, 5.74) is 0.725. The van der Waals surface area contributed by atoms with Crippen LogP contribution in [0, 0.1) is 0 Å². The number of pyridine rings is 1. The highest BCUT2D eigenvalue weighted by Gasteiger charge is 2.22. The number of esters is 2. The van der Waals surface area contributed by atoms with Gasteiger partial charge >= 0.3 is 11.9 Å². The number of aromatic nitrogens is 1. The van der Waals surface area contributed by atoms with Crippen molar-refractivity contribution in [3.05, 3.63) is 59.4 Å². The van der Waals surface area contributed by atoms with Crippen molar-refractivity contribution in [3.63, 3.8) is 0 Å². The molecule has 1 heterocycles. The third kappa shape index (κ3) is 6.97. The molecule has 0 unspecified atom stereocenters. The van der Waals surface area contributed by atoms with E-state index in [9.17, 15) is 14.4 Å². The summed E-state index contributed by atoms with van der Waals surface area (Å²) in [6.07, 6.45) is 1.74. The van der Waals surface area contributed by atoms with Crippen LogP contribution in [0.1, 0.15) is 60.5 Å². The molecular weight excluding hydrogens is 478 g/mol. The number of methoxy groups -OCH3 is 1. The third-order valence-corrected chi connectivity index (χ3v) is 5.20. The molecule has 3 rings (SSSR count). The molecule has 0 aliphatic rings. The van der Waals surface area contributed by atoms with Crippen LogP contribution in [0.25, 0.3) is 10.8 Å². The summed E-state index contributed by atoms with van der Waals surface area (Å²) in [6.45, 7) is 7.48. The number of carbonyl (C=O) groups excluding carboxylic acids is 3. The largest absolute Gasteiger partial charge is 0.493 e. The van der Waals surface area contributed by atoms with E-state index in [1.807, 2.05) is 13.8 Å². The Morgan fingerprint density at radius 1 is 0.973 bits per heavy atom. The molecule has 0 N–H and O–H groups in total. The number of carbonyl (C=O) groups is 3. The molecule has 37 heavy (non-hydrogen) atoms. The van der Waals surface area contributed by atoms with E-state index in [1.54, 1.807) is 43.3 Å².